The average molecular weight is 367 g/mol. The second-order valence-corrected chi connectivity index (χ2v) is 5.93. The van der Waals surface area contributed by atoms with Crippen LogP contribution in [0.1, 0.15) is 5.56 Å². The number of rotatable bonds is 3. The van der Waals surface area contributed by atoms with Crippen molar-refractivity contribution in [3.63, 3.8) is 0 Å². The van der Waals surface area contributed by atoms with E-state index in [-0.39, 0.29) is 5.91 Å². The number of allylic oxidation sites excluding steroid dienone is 4. The van der Waals surface area contributed by atoms with Gasteiger partial charge in [0, 0.05) is 18.0 Å². The summed E-state index contributed by atoms with van der Waals surface area (Å²) in [5, 5.41) is 0. The van der Waals surface area contributed by atoms with Gasteiger partial charge in [0.2, 0.25) is 0 Å². The van der Waals surface area contributed by atoms with Gasteiger partial charge in [0.15, 0.2) is 0 Å². The van der Waals surface area contributed by atoms with Gasteiger partial charge in [0.05, 0.1) is 16.7 Å². The van der Waals surface area contributed by atoms with E-state index in [1.807, 2.05) is 36.5 Å². The summed E-state index contributed by atoms with van der Waals surface area (Å²) in [7, 11) is 0. The van der Waals surface area contributed by atoms with E-state index in [2.05, 4.69) is 27.5 Å². The monoisotopic (exact) mass is 366 g/mol. The molecular weight excluding hydrogens is 352 g/mol. The summed E-state index contributed by atoms with van der Waals surface area (Å²) >= 11 is 3.37. The Kier molecular flexibility index (Phi) is 4.53. The molecule has 2 aromatic rings. The Labute approximate surface area is 143 Å². The first kappa shape index (κ1) is 15.4. The average Bonchev–Trinajstić information content (AvgIpc) is 2.60. The molecule has 0 saturated carbocycles. The van der Waals surface area contributed by atoms with E-state index >= 15 is 0 Å². The van der Waals surface area contributed by atoms with Crippen molar-refractivity contribution < 1.29 is 4.79 Å². The van der Waals surface area contributed by atoms with E-state index in [1.165, 1.54) is 0 Å². The minimum absolute atomic E-state index is 0.0827. The molecule has 0 aliphatic carbocycles. The number of carbonyl (C=O) groups is 1. The third kappa shape index (κ3) is 3.03. The summed E-state index contributed by atoms with van der Waals surface area (Å²) in [4.78, 5) is 18.7. The van der Waals surface area contributed by atoms with Gasteiger partial charge in [-0.15, -0.1) is 0 Å². The van der Waals surface area contributed by atoms with Crippen LogP contribution in [0.3, 0.4) is 0 Å². The summed E-state index contributed by atoms with van der Waals surface area (Å²) in [5.74, 6) is -0.0827. The molecule has 1 aliphatic rings. The van der Waals surface area contributed by atoms with Gasteiger partial charge < -0.3 is 4.90 Å². The number of benzene rings is 1. The largest absolute Gasteiger partial charge is 0.303 e. The molecule has 2 heterocycles. The van der Waals surface area contributed by atoms with Crippen LogP contribution in [-0.4, -0.2) is 10.9 Å². The summed E-state index contributed by atoms with van der Waals surface area (Å²) in [5.41, 5.74) is 4.13. The second-order valence-electron chi connectivity index (χ2n) is 5.08. The molecule has 0 radical (unpaired) electrons. The molecule has 0 unspecified atom stereocenters. The maximum absolute atomic E-state index is 12.8. The lowest BCUT2D eigenvalue weighted by Crippen LogP contribution is -2.33. The van der Waals surface area contributed by atoms with Gasteiger partial charge in [-0.05, 0) is 45.3 Å². The number of aromatic nitrogens is 1. The van der Waals surface area contributed by atoms with Crippen molar-refractivity contribution >= 4 is 27.5 Å². The zero-order valence-electron chi connectivity index (χ0n) is 12.4. The van der Waals surface area contributed by atoms with Gasteiger partial charge >= 0.3 is 0 Å². The normalized spacial score (nSPS) is 13.6. The minimum atomic E-state index is -0.0827. The van der Waals surface area contributed by atoms with Crippen molar-refractivity contribution in [2.45, 2.75) is 6.54 Å². The molecule has 0 N–H and O–H groups in total. The SMILES string of the molecule is C=C/C=C\C=C(/Br)C(=O)N1Cc2cnccc2-c2ccccc21. The van der Waals surface area contributed by atoms with Crippen LogP contribution < -0.4 is 4.90 Å². The van der Waals surface area contributed by atoms with E-state index in [1.54, 1.807) is 35.4 Å². The first-order valence-corrected chi connectivity index (χ1v) is 8.00. The van der Waals surface area contributed by atoms with E-state index in [9.17, 15) is 4.79 Å². The van der Waals surface area contributed by atoms with Crippen LogP contribution >= 0.6 is 15.9 Å². The van der Waals surface area contributed by atoms with Crippen molar-refractivity contribution in [2.75, 3.05) is 4.90 Å². The summed E-state index contributed by atoms with van der Waals surface area (Å²) in [6.07, 6.45) is 10.5. The summed E-state index contributed by atoms with van der Waals surface area (Å²) < 4.78 is 0.498. The third-order valence-corrected chi connectivity index (χ3v) is 4.26. The lowest BCUT2D eigenvalue weighted by Gasteiger charge is -2.30. The Balaban J connectivity index is 2.02. The number of nitrogens with zero attached hydrogens (tertiary/aromatic N) is 2. The highest BCUT2D eigenvalue weighted by Gasteiger charge is 2.27. The number of carbonyl (C=O) groups excluding carboxylic acids is 1. The zero-order chi connectivity index (χ0) is 16.2. The predicted molar refractivity (Wildman–Crippen MR) is 97.2 cm³/mol. The van der Waals surface area contributed by atoms with Crippen LogP contribution in [0.25, 0.3) is 11.1 Å². The minimum Gasteiger partial charge on any atom is -0.303 e. The van der Waals surface area contributed by atoms with Gasteiger partial charge in [0.1, 0.15) is 0 Å². The Morgan fingerprint density at radius 2 is 2.04 bits per heavy atom. The van der Waals surface area contributed by atoms with Crippen LogP contribution in [0.2, 0.25) is 0 Å². The Morgan fingerprint density at radius 1 is 1.22 bits per heavy atom. The van der Waals surface area contributed by atoms with Crippen molar-refractivity contribution in [1.29, 1.82) is 0 Å². The molecule has 0 spiro atoms. The molecule has 1 aromatic carbocycles. The molecule has 23 heavy (non-hydrogen) atoms. The zero-order valence-corrected chi connectivity index (χ0v) is 14.0. The van der Waals surface area contributed by atoms with Gasteiger partial charge in [-0.25, -0.2) is 0 Å². The maximum atomic E-state index is 12.8. The van der Waals surface area contributed by atoms with Gasteiger partial charge in [-0.2, -0.15) is 0 Å². The van der Waals surface area contributed by atoms with E-state index in [0.29, 0.717) is 11.0 Å². The summed E-state index contributed by atoms with van der Waals surface area (Å²) in [6, 6.07) is 9.92. The van der Waals surface area contributed by atoms with Crippen LogP contribution in [0, 0.1) is 0 Å². The van der Waals surface area contributed by atoms with Crippen LogP contribution in [0.4, 0.5) is 5.69 Å². The molecule has 1 aromatic heterocycles. The number of amides is 1. The lowest BCUT2D eigenvalue weighted by molar-refractivity contribution is -0.114. The van der Waals surface area contributed by atoms with Gasteiger partial charge in [-0.3, -0.25) is 9.78 Å². The molecule has 0 saturated heterocycles. The van der Waals surface area contributed by atoms with Crippen molar-refractivity contribution in [3.8, 4) is 11.1 Å². The lowest BCUT2D eigenvalue weighted by atomic mass is 9.95. The second kappa shape index (κ2) is 6.75. The number of anilines is 1. The fraction of sp³-hybridized carbons (Fsp3) is 0.0526. The number of para-hydroxylation sites is 1. The van der Waals surface area contributed by atoms with Crippen LogP contribution in [0.15, 0.2) is 78.1 Å². The topological polar surface area (TPSA) is 33.2 Å². The smallest absolute Gasteiger partial charge is 0.265 e. The van der Waals surface area contributed by atoms with Crippen molar-refractivity contribution in [3.05, 3.63) is 83.7 Å². The Morgan fingerprint density at radius 3 is 2.87 bits per heavy atom. The Bertz CT molecular complexity index is 824. The highest BCUT2D eigenvalue weighted by atomic mass is 79.9. The molecule has 114 valence electrons. The van der Waals surface area contributed by atoms with Gasteiger partial charge in [0.25, 0.3) is 5.91 Å². The Hall–Kier alpha value is -2.46. The molecule has 3 rings (SSSR count). The molecule has 4 heteroatoms. The number of hydrogen-bond acceptors (Lipinski definition) is 2. The van der Waals surface area contributed by atoms with E-state index in [0.717, 1.165) is 22.4 Å². The molecular formula is C19H15BrN2O. The molecule has 1 amide bonds. The summed E-state index contributed by atoms with van der Waals surface area (Å²) in [6.45, 7) is 4.12. The quantitative estimate of drug-likeness (QED) is 0.586. The highest BCUT2D eigenvalue weighted by Crippen LogP contribution is 2.39. The fourth-order valence-electron chi connectivity index (χ4n) is 2.61. The van der Waals surface area contributed by atoms with Crippen molar-refractivity contribution in [1.82, 2.24) is 4.98 Å². The molecule has 3 nitrogen and oxygen atoms in total. The number of hydrogen-bond donors (Lipinski definition) is 0. The third-order valence-electron chi connectivity index (χ3n) is 3.66. The maximum Gasteiger partial charge on any atom is 0.265 e. The van der Waals surface area contributed by atoms with E-state index < -0.39 is 0 Å². The number of fused-ring (bicyclic) bond motifs is 3. The first-order valence-electron chi connectivity index (χ1n) is 7.21. The first-order chi connectivity index (χ1) is 11.2. The predicted octanol–water partition coefficient (Wildman–Crippen LogP) is 4.62. The molecule has 0 fully saturated rings. The van der Waals surface area contributed by atoms with Crippen molar-refractivity contribution in [2.24, 2.45) is 0 Å². The fourth-order valence-corrected chi connectivity index (χ4v) is 2.97. The van der Waals surface area contributed by atoms with Crippen LogP contribution in [0.5, 0.6) is 0 Å². The van der Waals surface area contributed by atoms with Crippen LogP contribution in [-0.2, 0) is 11.3 Å². The molecule has 0 bridgehead atoms. The number of pyridine rings is 1. The highest BCUT2D eigenvalue weighted by molar-refractivity contribution is 9.12. The van der Waals surface area contributed by atoms with E-state index in [4.69, 9.17) is 0 Å². The van der Waals surface area contributed by atoms with Gasteiger partial charge in [-0.1, -0.05) is 43.0 Å². The molecule has 1 aliphatic heterocycles. The standard InChI is InChI=1S/C19H15BrN2O/c1-2-3-4-8-17(20)19(23)22-13-14-12-21-11-10-15(14)16-7-5-6-9-18(16)22/h2-12H,1,13H2/b4-3-,17-8-. The molecule has 0 atom stereocenters. The number of halogens is 1.